The van der Waals surface area contributed by atoms with E-state index in [9.17, 15) is 9.59 Å². The summed E-state index contributed by atoms with van der Waals surface area (Å²) in [6, 6.07) is 17.0. The summed E-state index contributed by atoms with van der Waals surface area (Å²) < 4.78 is 5.38. The van der Waals surface area contributed by atoms with Crippen LogP contribution < -0.4 is 15.6 Å². The zero-order valence-corrected chi connectivity index (χ0v) is 17.0. The Balaban J connectivity index is 1.56. The molecule has 1 heterocycles. The predicted molar refractivity (Wildman–Crippen MR) is 115 cm³/mol. The number of ether oxygens (including phenoxy) is 1. The van der Waals surface area contributed by atoms with Crippen molar-refractivity contribution in [2.45, 2.75) is 13.8 Å². The number of nitrogens with one attached hydrogen (secondary N) is 2. The highest BCUT2D eigenvalue weighted by atomic mass is 32.1. The van der Waals surface area contributed by atoms with Crippen LogP contribution in [0.5, 0.6) is 5.75 Å². The summed E-state index contributed by atoms with van der Waals surface area (Å²) in [7, 11) is 0. The minimum Gasteiger partial charge on any atom is -0.494 e. The summed E-state index contributed by atoms with van der Waals surface area (Å²) in [6.45, 7) is 4.29. The molecular weight excluding hydrogens is 386 g/mol. The Bertz CT molecular complexity index is 1010. The molecule has 0 aliphatic heterocycles. The van der Waals surface area contributed by atoms with Crippen molar-refractivity contribution in [1.29, 1.82) is 0 Å². The molecule has 7 heteroatoms. The average molecular weight is 407 g/mol. The van der Waals surface area contributed by atoms with Crippen molar-refractivity contribution in [3.8, 4) is 16.3 Å². The Morgan fingerprint density at radius 2 is 1.79 bits per heavy atom. The van der Waals surface area contributed by atoms with Gasteiger partial charge in [-0.3, -0.25) is 20.4 Å². The van der Waals surface area contributed by atoms with Gasteiger partial charge in [-0.25, -0.2) is 4.98 Å². The standard InChI is InChI=1S/C22H21N3O3S/c1-3-28-18-12-9-16(10-13-18)11-14-19(26)24-25-21(27)20-15(2)23-22(29-20)17-7-5-4-6-8-17/h4-14H,3H2,1-2H3,(H,24,26)(H,25,27)/b14-11+. The number of hydrogen-bond donors (Lipinski definition) is 2. The maximum Gasteiger partial charge on any atom is 0.281 e. The SMILES string of the molecule is CCOc1ccc(/C=C/C(=O)NNC(=O)c2sc(-c3ccccc3)nc2C)cc1. The first-order valence-electron chi connectivity index (χ1n) is 9.11. The van der Waals surface area contributed by atoms with E-state index in [1.807, 2.05) is 61.5 Å². The molecule has 148 valence electrons. The van der Waals surface area contributed by atoms with Crippen LogP contribution in [-0.2, 0) is 4.79 Å². The van der Waals surface area contributed by atoms with Gasteiger partial charge < -0.3 is 4.74 Å². The molecule has 0 atom stereocenters. The number of amides is 2. The van der Waals surface area contributed by atoms with Gasteiger partial charge in [0.2, 0.25) is 0 Å². The van der Waals surface area contributed by atoms with Crippen LogP contribution in [0.4, 0.5) is 0 Å². The first-order chi connectivity index (χ1) is 14.1. The van der Waals surface area contributed by atoms with E-state index in [0.717, 1.165) is 21.9 Å². The second-order valence-corrected chi connectivity index (χ2v) is 7.08. The molecule has 29 heavy (non-hydrogen) atoms. The molecule has 0 aliphatic rings. The van der Waals surface area contributed by atoms with E-state index >= 15 is 0 Å². The molecule has 0 saturated heterocycles. The average Bonchev–Trinajstić information content (AvgIpc) is 3.14. The third-order valence-electron chi connectivity index (χ3n) is 3.94. The summed E-state index contributed by atoms with van der Waals surface area (Å²) in [5, 5.41) is 0.759. The zero-order valence-electron chi connectivity index (χ0n) is 16.1. The highest BCUT2D eigenvalue weighted by Crippen LogP contribution is 2.27. The zero-order chi connectivity index (χ0) is 20.6. The smallest absolute Gasteiger partial charge is 0.281 e. The number of rotatable bonds is 6. The number of hydrazine groups is 1. The molecule has 6 nitrogen and oxygen atoms in total. The first-order valence-corrected chi connectivity index (χ1v) is 9.92. The summed E-state index contributed by atoms with van der Waals surface area (Å²) in [4.78, 5) is 29.3. The van der Waals surface area contributed by atoms with E-state index in [1.54, 1.807) is 13.0 Å². The van der Waals surface area contributed by atoms with E-state index < -0.39 is 11.8 Å². The first kappa shape index (κ1) is 20.3. The molecule has 0 unspecified atom stereocenters. The van der Waals surface area contributed by atoms with Gasteiger partial charge in [-0.15, -0.1) is 11.3 Å². The van der Waals surface area contributed by atoms with Gasteiger partial charge in [0.15, 0.2) is 0 Å². The van der Waals surface area contributed by atoms with E-state index in [-0.39, 0.29) is 0 Å². The second-order valence-electron chi connectivity index (χ2n) is 6.08. The molecule has 2 amide bonds. The number of nitrogens with zero attached hydrogens (tertiary/aromatic N) is 1. The molecule has 0 aliphatic carbocycles. The normalized spacial score (nSPS) is 10.7. The number of aryl methyl sites for hydroxylation is 1. The van der Waals surface area contributed by atoms with E-state index in [0.29, 0.717) is 17.2 Å². The second kappa shape index (κ2) is 9.66. The van der Waals surface area contributed by atoms with Crippen LogP contribution in [-0.4, -0.2) is 23.4 Å². The lowest BCUT2D eigenvalue weighted by molar-refractivity contribution is -0.117. The molecule has 0 fully saturated rings. The minimum atomic E-state index is -0.433. The molecular formula is C22H21N3O3S. The van der Waals surface area contributed by atoms with E-state index in [4.69, 9.17) is 4.74 Å². The predicted octanol–water partition coefficient (Wildman–Crippen LogP) is 3.99. The summed E-state index contributed by atoms with van der Waals surface area (Å²) in [5.41, 5.74) is 7.23. The lowest BCUT2D eigenvalue weighted by Gasteiger charge is -2.04. The number of carbonyl (C=O) groups is 2. The van der Waals surface area contributed by atoms with Crippen molar-refractivity contribution in [2.75, 3.05) is 6.61 Å². The number of carbonyl (C=O) groups excluding carboxylic acids is 2. The maximum absolute atomic E-state index is 12.4. The van der Waals surface area contributed by atoms with Crippen molar-refractivity contribution in [3.63, 3.8) is 0 Å². The Kier molecular flexibility index (Phi) is 6.76. The van der Waals surface area contributed by atoms with Gasteiger partial charge in [-0.2, -0.15) is 0 Å². The molecule has 0 radical (unpaired) electrons. The van der Waals surface area contributed by atoms with Gasteiger partial charge in [0.25, 0.3) is 11.8 Å². The van der Waals surface area contributed by atoms with Crippen LogP contribution in [0, 0.1) is 6.92 Å². The third-order valence-corrected chi connectivity index (χ3v) is 5.15. The van der Waals surface area contributed by atoms with Crippen LogP contribution in [0.2, 0.25) is 0 Å². The number of thiazole rings is 1. The molecule has 2 N–H and O–H groups in total. The minimum absolute atomic E-state index is 0.398. The number of hydrogen-bond acceptors (Lipinski definition) is 5. The topological polar surface area (TPSA) is 80.3 Å². The Labute approximate surface area is 173 Å². The van der Waals surface area contributed by atoms with Gasteiger partial charge in [-0.1, -0.05) is 42.5 Å². The Hall–Kier alpha value is -3.45. The van der Waals surface area contributed by atoms with Gasteiger partial charge in [0.05, 0.1) is 12.3 Å². The Morgan fingerprint density at radius 3 is 2.48 bits per heavy atom. The van der Waals surface area contributed by atoms with Crippen LogP contribution in [0.15, 0.2) is 60.7 Å². The maximum atomic E-state index is 12.4. The van der Waals surface area contributed by atoms with Crippen LogP contribution in [0.3, 0.4) is 0 Å². The molecule has 1 aromatic heterocycles. The Morgan fingerprint density at radius 1 is 1.07 bits per heavy atom. The summed E-state index contributed by atoms with van der Waals surface area (Å²) in [5.74, 6) is -0.0566. The quantitative estimate of drug-likeness (QED) is 0.478. The monoisotopic (exact) mass is 407 g/mol. The molecule has 3 aromatic rings. The van der Waals surface area contributed by atoms with E-state index in [2.05, 4.69) is 15.8 Å². The van der Waals surface area contributed by atoms with Crippen molar-refractivity contribution in [2.24, 2.45) is 0 Å². The number of benzene rings is 2. The highest BCUT2D eigenvalue weighted by molar-refractivity contribution is 7.17. The molecule has 0 spiro atoms. The third kappa shape index (κ3) is 5.52. The van der Waals surface area contributed by atoms with Crippen LogP contribution in [0.1, 0.15) is 27.9 Å². The lowest BCUT2D eigenvalue weighted by atomic mass is 10.2. The largest absolute Gasteiger partial charge is 0.494 e. The van der Waals surface area contributed by atoms with Gasteiger partial charge >= 0.3 is 0 Å². The van der Waals surface area contributed by atoms with Crippen LogP contribution >= 0.6 is 11.3 Å². The fourth-order valence-electron chi connectivity index (χ4n) is 2.54. The molecule has 0 bridgehead atoms. The fraction of sp³-hybridized carbons (Fsp3) is 0.136. The van der Waals surface area contributed by atoms with Crippen LogP contribution in [0.25, 0.3) is 16.6 Å². The lowest BCUT2D eigenvalue weighted by Crippen LogP contribution is -2.40. The number of aromatic nitrogens is 1. The summed E-state index contributed by atoms with van der Waals surface area (Å²) in [6.07, 6.45) is 3.01. The molecule has 2 aromatic carbocycles. The van der Waals surface area contributed by atoms with Crippen molar-refractivity contribution in [1.82, 2.24) is 15.8 Å². The fourth-order valence-corrected chi connectivity index (χ4v) is 3.51. The van der Waals surface area contributed by atoms with E-state index in [1.165, 1.54) is 17.4 Å². The van der Waals surface area contributed by atoms with Gasteiger partial charge in [-0.05, 0) is 37.6 Å². The molecule has 3 rings (SSSR count). The van der Waals surface area contributed by atoms with Crippen molar-refractivity contribution >= 4 is 29.2 Å². The van der Waals surface area contributed by atoms with Gasteiger partial charge in [0, 0.05) is 11.6 Å². The molecule has 0 saturated carbocycles. The van der Waals surface area contributed by atoms with Crippen molar-refractivity contribution in [3.05, 3.63) is 76.8 Å². The summed E-state index contributed by atoms with van der Waals surface area (Å²) >= 11 is 1.28. The van der Waals surface area contributed by atoms with Crippen molar-refractivity contribution < 1.29 is 14.3 Å². The highest BCUT2D eigenvalue weighted by Gasteiger charge is 2.16. The van der Waals surface area contributed by atoms with Gasteiger partial charge in [0.1, 0.15) is 15.6 Å².